The number of hydrogen-bond acceptors (Lipinski definition) is 7. The van der Waals surface area contributed by atoms with Gasteiger partial charge in [0.1, 0.15) is 36.0 Å². The normalized spacial score (nSPS) is 22.1. The van der Waals surface area contributed by atoms with E-state index in [0.29, 0.717) is 6.42 Å². The Bertz CT molecular complexity index is 1990. The Morgan fingerprint density at radius 1 is 0.807 bits per heavy atom. The lowest BCUT2D eigenvalue weighted by atomic mass is 9.99. The fourth-order valence-electron chi connectivity index (χ4n) is 7.37. The van der Waals surface area contributed by atoms with Crippen LogP contribution in [0.1, 0.15) is 49.7 Å². The van der Waals surface area contributed by atoms with Crippen molar-refractivity contribution in [3.63, 3.8) is 0 Å². The van der Waals surface area contributed by atoms with Crippen molar-refractivity contribution in [2.45, 2.75) is 81.6 Å². The van der Waals surface area contributed by atoms with Gasteiger partial charge in [0.25, 0.3) is 0 Å². The van der Waals surface area contributed by atoms with E-state index in [1.54, 1.807) is 6.07 Å². The van der Waals surface area contributed by atoms with Crippen molar-refractivity contribution >= 4 is 52.3 Å². The van der Waals surface area contributed by atoms with E-state index in [9.17, 15) is 33.2 Å². The first-order valence-electron chi connectivity index (χ1n) is 19.1. The lowest BCUT2D eigenvalue weighted by molar-refractivity contribution is -0.144. The third-order valence-corrected chi connectivity index (χ3v) is 10.4. The van der Waals surface area contributed by atoms with E-state index in [-0.39, 0.29) is 76.1 Å². The van der Waals surface area contributed by atoms with Gasteiger partial charge in [0, 0.05) is 39.5 Å². The van der Waals surface area contributed by atoms with Crippen molar-refractivity contribution in [2.24, 2.45) is 22.2 Å². The van der Waals surface area contributed by atoms with Crippen LogP contribution in [0.5, 0.6) is 0 Å². The van der Waals surface area contributed by atoms with E-state index in [2.05, 4.69) is 26.3 Å². The monoisotopic (exact) mass is 786 g/mol. The Morgan fingerprint density at radius 3 is 2.25 bits per heavy atom. The molecule has 7 amide bonds. The van der Waals surface area contributed by atoms with Crippen molar-refractivity contribution in [1.29, 1.82) is 0 Å². The summed E-state index contributed by atoms with van der Waals surface area (Å²) >= 11 is 0. The maximum atomic E-state index is 15.0. The number of nitrogens with two attached hydrogens (primary N) is 3. The van der Waals surface area contributed by atoms with Crippen LogP contribution < -0.4 is 38.5 Å². The molecule has 2 saturated heterocycles. The Morgan fingerprint density at radius 2 is 1.51 bits per heavy atom. The molecule has 0 spiro atoms. The topological polar surface area (TPSA) is 247 Å². The number of carbonyl (C=O) groups is 6. The average molecular weight is 787 g/mol. The SMILES string of the molecule is CN1C(=O)[C@H](CCCN=C(N)N)NC(=O)[C@@H](Cc2ccccc2F)NC(=O)[C@@H]2CCCN2C(=O)[C@H](Cc2ccc3ccccc3c2)NC(=O)[C@@H]1CCCNC(N)=O. The number of nitrogens with one attached hydrogen (secondary N) is 4. The molecule has 2 aliphatic rings. The molecule has 0 radical (unpaired) electrons. The number of amides is 7. The molecule has 5 atom stereocenters. The van der Waals surface area contributed by atoms with Crippen LogP contribution >= 0.6 is 0 Å². The second kappa shape index (κ2) is 19.6. The Balaban J connectivity index is 1.56. The number of primary amides is 1. The molecule has 304 valence electrons. The van der Waals surface area contributed by atoms with Gasteiger partial charge in [-0.05, 0) is 66.5 Å². The van der Waals surface area contributed by atoms with Crippen LogP contribution in [0.2, 0.25) is 0 Å². The van der Waals surface area contributed by atoms with Crippen LogP contribution in [0.15, 0.2) is 71.7 Å². The summed E-state index contributed by atoms with van der Waals surface area (Å²) in [7, 11) is 1.41. The van der Waals surface area contributed by atoms with Gasteiger partial charge < -0.3 is 48.3 Å². The van der Waals surface area contributed by atoms with Crippen LogP contribution in [0.4, 0.5) is 9.18 Å². The van der Waals surface area contributed by atoms with Gasteiger partial charge in [-0.1, -0.05) is 60.7 Å². The van der Waals surface area contributed by atoms with Gasteiger partial charge in [0.05, 0.1) is 0 Å². The zero-order chi connectivity index (χ0) is 41.1. The van der Waals surface area contributed by atoms with Crippen LogP contribution in [0.25, 0.3) is 10.8 Å². The zero-order valence-corrected chi connectivity index (χ0v) is 31.9. The molecule has 0 aliphatic carbocycles. The van der Waals surface area contributed by atoms with Crippen LogP contribution in [0.3, 0.4) is 0 Å². The Kier molecular flexibility index (Phi) is 14.4. The van der Waals surface area contributed by atoms with Crippen molar-refractivity contribution in [1.82, 2.24) is 31.1 Å². The second-order valence-corrected chi connectivity index (χ2v) is 14.4. The fourth-order valence-corrected chi connectivity index (χ4v) is 7.37. The third kappa shape index (κ3) is 11.2. The van der Waals surface area contributed by atoms with Crippen molar-refractivity contribution in [2.75, 3.05) is 26.7 Å². The lowest BCUT2D eigenvalue weighted by Gasteiger charge is -2.33. The minimum absolute atomic E-state index is 0.0309. The molecule has 3 aromatic carbocycles. The number of rotatable bonds is 12. The lowest BCUT2D eigenvalue weighted by Crippen LogP contribution is -2.58. The number of urea groups is 1. The maximum absolute atomic E-state index is 15.0. The summed E-state index contributed by atoms with van der Waals surface area (Å²) < 4.78 is 15.0. The number of halogens is 1. The third-order valence-electron chi connectivity index (χ3n) is 10.4. The summed E-state index contributed by atoms with van der Waals surface area (Å²) in [5.74, 6) is -3.97. The summed E-state index contributed by atoms with van der Waals surface area (Å²) in [5.41, 5.74) is 17.2. The first-order valence-corrected chi connectivity index (χ1v) is 19.1. The molecule has 0 aromatic heterocycles. The smallest absolute Gasteiger partial charge is 0.312 e. The van der Waals surface area contributed by atoms with Crippen LogP contribution in [-0.4, -0.2) is 108 Å². The van der Waals surface area contributed by atoms with Gasteiger partial charge in [-0.25, -0.2) is 9.18 Å². The molecule has 10 N–H and O–H groups in total. The first-order chi connectivity index (χ1) is 27.3. The summed E-state index contributed by atoms with van der Waals surface area (Å²) in [4.78, 5) is 89.6. The summed E-state index contributed by atoms with van der Waals surface area (Å²) in [6.45, 7) is 0.434. The highest BCUT2D eigenvalue weighted by Crippen LogP contribution is 2.23. The van der Waals surface area contributed by atoms with E-state index in [0.717, 1.165) is 16.3 Å². The first kappa shape index (κ1) is 41.9. The van der Waals surface area contributed by atoms with E-state index in [1.165, 1.54) is 35.0 Å². The molecule has 5 rings (SSSR count). The number of carbonyl (C=O) groups excluding carboxylic acids is 6. The average Bonchev–Trinajstić information content (AvgIpc) is 3.68. The van der Waals surface area contributed by atoms with Gasteiger partial charge in [-0.2, -0.15) is 0 Å². The minimum Gasteiger partial charge on any atom is -0.370 e. The summed E-state index contributed by atoms with van der Waals surface area (Å²) in [6, 6.07) is 12.6. The molecule has 2 fully saturated rings. The molecule has 0 saturated carbocycles. The number of fused-ring (bicyclic) bond motifs is 2. The molecule has 2 heterocycles. The highest BCUT2D eigenvalue weighted by atomic mass is 19.1. The molecular formula is C40H51FN10O6. The summed E-state index contributed by atoms with van der Waals surface area (Å²) in [5, 5.41) is 12.8. The van der Waals surface area contributed by atoms with Gasteiger partial charge in [0.15, 0.2) is 5.96 Å². The number of likely N-dealkylation sites (N-methyl/N-ethyl adjacent to an activating group) is 1. The predicted molar refractivity (Wildman–Crippen MR) is 212 cm³/mol. The quantitative estimate of drug-likeness (QED) is 0.0775. The van der Waals surface area contributed by atoms with Crippen molar-refractivity contribution < 1.29 is 33.2 Å². The molecule has 17 heteroatoms. The predicted octanol–water partition coefficient (Wildman–Crippen LogP) is 0.552. The van der Waals surface area contributed by atoms with Crippen LogP contribution in [-0.2, 0) is 36.8 Å². The zero-order valence-electron chi connectivity index (χ0n) is 31.9. The maximum Gasteiger partial charge on any atom is 0.312 e. The molecule has 3 aromatic rings. The highest BCUT2D eigenvalue weighted by molar-refractivity contribution is 5.98. The molecule has 0 bridgehead atoms. The van der Waals surface area contributed by atoms with E-state index >= 15 is 0 Å². The van der Waals surface area contributed by atoms with Gasteiger partial charge in [-0.3, -0.25) is 29.0 Å². The fraction of sp³-hybridized carbons (Fsp3) is 0.425. The van der Waals surface area contributed by atoms with Crippen molar-refractivity contribution in [3.8, 4) is 0 Å². The van der Waals surface area contributed by atoms with Gasteiger partial charge >= 0.3 is 6.03 Å². The van der Waals surface area contributed by atoms with E-state index < -0.39 is 71.6 Å². The Labute approximate surface area is 330 Å². The van der Waals surface area contributed by atoms with Gasteiger partial charge in [-0.15, -0.1) is 0 Å². The molecule has 2 aliphatic heterocycles. The van der Waals surface area contributed by atoms with Crippen LogP contribution in [0, 0.1) is 5.82 Å². The van der Waals surface area contributed by atoms with E-state index in [1.807, 2.05) is 42.5 Å². The number of nitrogens with zero attached hydrogens (tertiary/aromatic N) is 3. The molecular weight excluding hydrogens is 736 g/mol. The van der Waals surface area contributed by atoms with E-state index in [4.69, 9.17) is 17.2 Å². The standard InChI is InChI=1S/C40H51FN10O6/c1-50-32(14-7-19-46-40(44)57)35(53)49-31(22-24-16-17-25-9-2-3-10-26(25)21-24)38(56)51-20-8-15-33(51)36(54)48-30(23-27-11-4-5-12-28(27)41)34(52)47-29(37(50)55)13-6-18-45-39(42)43/h2-5,9-12,16-17,21,29-33H,6-8,13-15,18-20,22-23H2,1H3,(H,47,52)(H,48,54)(H,49,53)(H4,42,43,45)(H3,44,46,57)/t29-,30+,31-,32-,33-/m0/s1. The molecule has 16 nitrogen and oxygen atoms in total. The highest BCUT2D eigenvalue weighted by Gasteiger charge is 2.41. The Hall–Kier alpha value is -6.26. The number of aliphatic imine (C=N–C) groups is 1. The summed E-state index contributed by atoms with van der Waals surface area (Å²) in [6.07, 6.45) is 1.12. The minimum atomic E-state index is -1.35. The number of guanidine groups is 1. The number of benzene rings is 3. The molecule has 57 heavy (non-hydrogen) atoms. The van der Waals surface area contributed by atoms with Crippen molar-refractivity contribution in [3.05, 3.63) is 83.7 Å². The second-order valence-electron chi connectivity index (χ2n) is 14.4. The van der Waals surface area contributed by atoms with Gasteiger partial charge in [0.2, 0.25) is 29.5 Å². The molecule has 0 unspecified atom stereocenters. The largest absolute Gasteiger partial charge is 0.370 e. The number of hydrogen-bond donors (Lipinski definition) is 7.